The summed E-state index contributed by atoms with van der Waals surface area (Å²) in [7, 11) is 3.65. The molecule has 3 saturated heterocycles. The molecule has 164 valence electrons. The van der Waals surface area contributed by atoms with Crippen molar-refractivity contribution in [2.75, 3.05) is 60.0 Å². The minimum atomic E-state index is -0.303. The monoisotopic (exact) mass is 414 g/mol. The Morgan fingerprint density at radius 1 is 1.10 bits per heavy atom. The molecule has 0 aromatic heterocycles. The Labute approximate surface area is 179 Å². The van der Waals surface area contributed by atoms with Gasteiger partial charge in [-0.25, -0.2) is 4.79 Å². The lowest BCUT2D eigenvalue weighted by molar-refractivity contribution is -0.141. The third kappa shape index (κ3) is 3.69. The third-order valence-electron chi connectivity index (χ3n) is 7.57. The van der Waals surface area contributed by atoms with Crippen molar-refractivity contribution in [3.05, 3.63) is 35.9 Å². The first-order valence-corrected chi connectivity index (χ1v) is 11.0. The number of methoxy groups -OCH3 is 1. The van der Waals surface area contributed by atoms with E-state index in [0.29, 0.717) is 32.1 Å². The zero-order valence-corrected chi connectivity index (χ0v) is 18.2. The van der Waals surface area contributed by atoms with Gasteiger partial charge < -0.3 is 19.9 Å². The van der Waals surface area contributed by atoms with Gasteiger partial charge in [-0.05, 0) is 24.8 Å². The molecule has 2 spiro atoms. The average Bonchev–Trinajstić information content (AvgIpc) is 3.24. The summed E-state index contributed by atoms with van der Waals surface area (Å²) < 4.78 is 5.29. The molecule has 1 N–H and O–H groups in total. The van der Waals surface area contributed by atoms with Crippen molar-refractivity contribution < 1.29 is 14.3 Å². The fourth-order valence-corrected chi connectivity index (χ4v) is 5.79. The van der Waals surface area contributed by atoms with Crippen LogP contribution in [0.15, 0.2) is 30.3 Å². The third-order valence-corrected chi connectivity index (χ3v) is 7.57. The van der Waals surface area contributed by atoms with Gasteiger partial charge in [0.2, 0.25) is 5.91 Å². The van der Waals surface area contributed by atoms with Gasteiger partial charge in [0.15, 0.2) is 0 Å². The Morgan fingerprint density at radius 2 is 1.83 bits per heavy atom. The number of carbonyl (C=O) groups excluding carboxylic acids is 2. The lowest BCUT2D eigenvalue weighted by Crippen LogP contribution is -2.54. The van der Waals surface area contributed by atoms with Crippen LogP contribution in [0, 0.1) is 10.8 Å². The average molecular weight is 415 g/mol. The number of rotatable bonds is 5. The molecule has 0 bridgehead atoms. The zero-order chi connectivity index (χ0) is 21.2. The number of likely N-dealkylation sites (tertiary alicyclic amines) is 3. The molecular formula is C23H34N4O3. The highest BCUT2D eigenvalue weighted by atomic mass is 16.5. The number of carbonyl (C=O) groups is 2. The Bertz CT molecular complexity index is 763. The standard InChI is InChI=1S/C23H34N4O3/c1-25-11-10-23(20(25)28)18-26(14-15-30-2)17-22(23)8-12-27(13-9-22)21(29)24-16-19-6-4-3-5-7-19/h3-7H,8-18H2,1-2H3,(H,24,29). The number of hydrogen-bond acceptors (Lipinski definition) is 4. The maximum absolute atomic E-state index is 13.3. The highest BCUT2D eigenvalue weighted by molar-refractivity contribution is 5.86. The van der Waals surface area contributed by atoms with E-state index in [-0.39, 0.29) is 16.9 Å². The molecule has 0 saturated carbocycles. The summed E-state index contributed by atoms with van der Waals surface area (Å²) in [5, 5.41) is 3.05. The predicted molar refractivity (Wildman–Crippen MR) is 115 cm³/mol. The molecule has 0 aliphatic carbocycles. The molecule has 3 heterocycles. The van der Waals surface area contributed by atoms with Crippen LogP contribution in [-0.2, 0) is 16.1 Å². The van der Waals surface area contributed by atoms with E-state index in [0.717, 1.165) is 51.0 Å². The van der Waals surface area contributed by atoms with Crippen molar-refractivity contribution in [2.45, 2.75) is 25.8 Å². The largest absolute Gasteiger partial charge is 0.383 e. The van der Waals surface area contributed by atoms with Crippen molar-refractivity contribution in [1.29, 1.82) is 0 Å². The molecule has 1 unspecified atom stereocenters. The van der Waals surface area contributed by atoms with E-state index in [2.05, 4.69) is 10.2 Å². The van der Waals surface area contributed by atoms with Gasteiger partial charge >= 0.3 is 6.03 Å². The van der Waals surface area contributed by atoms with Gasteiger partial charge in [0.25, 0.3) is 0 Å². The molecule has 3 amide bonds. The lowest BCUT2D eigenvalue weighted by atomic mass is 9.60. The van der Waals surface area contributed by atoms with Crippen LogP contribution >= 0.6 is 0 Å². The normalized spacial score (nSPS) is 26.1. The van der Waals surface area contributed by atoms with Crippen LogP contribution < -0.4 is 5.32 Å². The number of nitrogens with zero attached hydrogens (tertiary/aromatic N) is 3. The topological polar surface area (TPSA) is 65.1 Å². The summed E-state index contributed by atoms with van der Waals surface area (Å²) in [5.74, 6) is 0.296. The second-order valence-corrected chi connectivity index (χ2v) is 9.17. The molecule has 1 atom stereocenters. The summed E-state index contributed by atoms with van der Waals surface area (Å²) in [6.45, 7) is 6.08. The summed E-state index contributed by atoms with van der Waals surface area (Å²) >= 11 is 0. The molecule has 7 nitrogen and oxygen atoms in total. The number of ether oxygens (including phenoxy) is 1. The van der Waals surface area contributed by atoms with Gasteiger partial charge in [0.05, 0.1) is 12.0 Å². The fourth-order valence-electron chi connectivity index (χ4n) is 5.79. The number of hydrogen-bond donors (Lipinski definition) is 1. The smallest absolute Gasteiger partial charge is 0.317 e. The predicted octanol–water partition coefficient (Wildman–Crippen LogP) is 1.79. The van der Waals surface area contributed by atoms with Crippen molar-refractivity contribution in [3.8, 4) is 0 Å². The first-order valence-electron chi connectivity index (χ1n) is 11.0. The van der Waals surface area contributed by atoms with Crippen LogP contribution in [0.5, 0.6) is 0 Å². The highest BCUT2D eigenvalue weighted by Gasteiger charge is 2.64. The van der Waals surface area contributed by atoms with E-state index in [1.165, 1.54) is 0 Å². The molecule has 30 heavy (non-hydrogen) atoms. The quantitative estimate of drug-likeness (QED) is 0.798. The van der Waals surface area contributed by atoms with E-state index in [4.69, 9.17) is 4.74 Å². The summed E-state index contributed by atoms with van der Waals surface area (Å²) in [6.07, 6.45) is 2.69. The van der Waals surface area contributed by atoms with E-state index >= 15 is 0 Å². The molecule has 1 aromatic rings. The lowest BCUT2D eigenvalue weighted by Gasteiger charge is -2.46. The van der Waals surface area contributed by atoms with E-state index in [9.17, 15) is 9.59 Å². The molecule has 3 aliphatic rings. The first kappa shape index (κ1) is 21.1. The van der Waals surface area contributed by atoms with E-state index < -0.39 is 0 Å². The van der Waals surface area contributed by atoms with E-state index in [1.54, 1.807) is 7.11 Å². The number of nitrogens with one attached hydrogen (secondary N) is 1. The van der Waals surface area contributed by atoms with Crippen LogP contribution in [0.4, 0.5) is 4.79 Å². The second kappa shape index (κ2) is 8.55. The SMILES string of the molecule is COCCN1CC2(CCN(C(=O)NCc3ccccc3)CC2)C2(CCN(C)C2=O)C1. The Hall–Kier alpha value is -2.12. The Kier molecular flexibility index (Phi) is 6.02. The molecule has 4 rings (SSSR count). The molecular weight excluding hydrogens is 380 g/mol. The molecule has 0 radical (unpaired) electrons. The van der Waals surface area contributed by atoms with Crippen molar-refractivity contribution in [3.63, 3.8) is 0 Å². The Balaban J connectivity index is 1.42. The van der Waals surface area contributed by atoms with Gasteiger partial charge in [0, 0.05) is 65.4 Å². The summed E-state index contributed by atoms with van der Waals surface area (Å²) in [6, 6.07) is 9.97. The molecule has 1 aromatic carbocycles. The highest BCUT2D eigenvalue weighted by Crippen LogP contribution is 2.57. The number of fused-ring (bicyclic) bond motifs is 1. The summed E-state index contributed by atoms with van der Waals surface area (Å²) in [4.78, 5) is 32.2. The van der Waals surface area contributed by atoms with Gasteiger partial charge in [-0.3, -0.25) is 9.69 Å². The van der Waals surface area contributed by atoms with Crippen LogP contribution in [0.2, 0.25) is 0 Å². The fraction of sp³-hybridized carbons (Fsp3) is 0.652. The maximum Gasteiger partial charge on any atom is 0.317 e. The van der Waals surface area contributed by atoms with Crippen molar-refractivity contribution >= 4 is 11.9 Å². The number of benzene rings is 1. The van der Waals surface area contributed by atoms with Crippen molar-refractivity contribution in [2.24, 2.45) is 10.8 Å². The molecule has 3 aliphatic heterocycles. The van der Waals surface area contributed by atoms with Crippen LogP contribution in [0.25, 0.3) is 0 Å². The van der Waals surface area contributed by atoms with Crippen LogP contribution in [-0.4, -0.2) is 86.7 Å². The first-order chi connectivity index (χ1) is 14.5. The number of urea groups is 1. The van der Waals surface area contributed by atoms with Crippen molar-refractivity contribution in [1.82, 2.24) is 20.0 Å². The number of piperidine rings is 1. The minimum Gasteiger partial charge on any atom is -0.383 e. The maximum atomic E-state index is 13.3. The van der Waals surface area contributed by atoms with E-state index in [1.807, 2.05) is 47.2 Å². The molecule has 3 fully saturated rings. The molecule has 7 heteroatoms. The van der Waals surface area contributed by atoms with Crippen LogP contribution in [0.1, 0.15) is 24.8 Å². The zero-order valence-electron chi connectivity index (χ0n) is 18.2. The van der Waals surface area contributed by atoms with Gasteiger partial charge in [0.1, 0.15) is 0 Å². The minimum absolute atomic E-state index is 0.00754. The Morgan fingerprint density at radius 3 is 2.47 bits per heavy atom. The second-order valence-electron chi connectivity index (χ2n) is 9.17. The summed E-state index contributed by atoms with van der Waals surface area (Å²) in [5.41, 5.74) is 0.753. The van der Waals surface area contributed by atoms with Crippen LogP contribution in [0.3, 0.4) is 0 Å². The van der Waals surface area contributed by atoms with Gasteiger partial charge in [-0.2, -0.15) is 0 Å². The van der Waals surface area contributed by atoms with Gasteiger partial charge in [-0.15, -0.1) is 0 Å². The van der Waals surface area contributed by atoms with Gasteiger partial charge in [-0.1, -0.05) is 30.3 Å². The number of amides is 3.